The van der Waals surface area contributed by atoms with E-state index in [2.05, 4.69) is 19.8 Å². The van der Waals surface area contributed by atoms with Crippen molar-refractivity contribution in [1.29, 1.82) is 0 Å². The third-order valence-corrected chi connectivity index (χ3v) is 6.69. The van der Waals surface area contributed by atoms with Crippen LogP contribution in [-0.4, -0.2) is 47.3 Å². The highest BCUT2D eigenvalue weighted by atomic mass is 32.2. The third kappa shape index (κ3) is 1.99. The molecule has 3 heterocycles. The van der Waals surface area contributed by atoms with Gasteiger partial charge in [-0.05, 0) is 18.2 Å². The zero-order chi connectivity index (χ0) is 17.0. The first-order valence-electron chi connectivity index (χ1n) is 8.22. The van der Waals surface area contributed by atoms with Gasteiger partial charge in [-0.25, -0.2) is 8.42 Å². The number of hydrogen-bond acceptors (Lipinski definition) is 6. The topological polar surface area (TPSA) is 65.3 Å². The van der Waals surface area contributed by atoms with E-state index in [0.29, 0.717) is 16.3 Å². The molecule has 0 saturated carbocycles. The molecule has 126 valence electrons. The zero-order valence-electron chi connectivity index (χ0n) is 13.5. The lowest BCUT2D eigenvalue weighted by atomic mass is 10.0. The number of aliphatic imine (C=N–C) groups is 2. The third-order valence-electron chi connectivity index (χ3n) is 4.83. The largest absolute Gasteiger partial charge is 0.329 e. The summed E-state index contributed by atoms with van der Waals surface area (Å²) in [5.74, 6) is 0. The molecule has 5 rings (SSSR count). The Kier molecular flexibility index (Phi) is 3.03. The Morgan fingerprint density at radius 1 is 0.840 bits per heavy atom. The van der Waals surface area contributed by atoms with Gasteiger partial charge in [0.2, 0.25) is 9.84 Å². The second-order valence-corrected chi connectivity index (χ2v) is 8.12. The van der Waals surface area contributed by atoms with Crippen molar-refractivity contribution in [2.75, 3.05) is 36.0 Å². The van der Waals surface area contributed by atoms with E-state index < -0.39 is 9.84 Å². The maximum absolute atomic E-state index is 13.0. The second-order valence-electron chi connectivity index (χ2n) is 6.24. The molecule has 0 radical (unpaired) electrons. The standard InChI is InChI=1S/C18H16N4O2S/c23-25(24)15-4-2-1-3-13(15)17-16(25)6-5-14(21-9-7-19-11-21)18(17)22-10-8-20-12-22/h1-6,11-12H,7-10H2. The lowest BCUT2D eigenvalue weighted by molar-refractivity contribution is 0.598. The molecule has 0 amide bonds. The van der Waals surface area contributed by atoms with Gasteiger partial charge in [0.1, 0.15) is 0 Å². The summed E-state index contributed by atoms with van der Waals surface area (Å²) in [5.41, 5.74) is 3.42. The van der Waals surface area contributed by atoms with Gasteiger partial charge in [0.25, 0.3) is 0 Å². The smallest absolute Gasteiger partial charge is 0.207 e. The van der Waals surface area contributed by atoms with Gasteiger partial charge in [-0.15, -0.1) is 0 Å². The van der Waals surface area contributed by atoms with E-state index in [1.807, 2.05) is 24.5 Å². The fraction of sp³-hybridized carbons (Fsp3) is 0.222. The number of nitrogens with zero attached hydrogens (tertiary/aromatic N) is 4. The number of fused-ring (bicyclic) bond motifs is 3. The summed E-state index contributed by atoms with van der Waals surface area (Å²) in [6.45, 7) is 3.01. The van der Waals surface area contributed by atoms with Crippen molar-refractivity contribution in [3.63, 3.8) is 0 Å². The minimum atomic E-state index is -3.48. The molecule has 0 fully saturated rings. The minimum absolute atomic E-state index is 0.379. The summed E-state index contributed by atoms with van der Waals surface area (Å²) in [7, 11) is -3.48. The Bertz CT molecular complexity index is 1040. The average molecular weight is 352 g/mol. The molecular formula is C18H16N4O2S. The van der Waals surface area contributed by atoms with Crippen molar-refractivity contribution in [1.82, 2.24) is 0 Å². The van der Waals surface area contributed by atoms with Crippen LogP contribution in [0.15, 0.2) is 56.2 Å². The maximum atomic E-state index is 13.0. The van der Waals surface area contributed by atoms with Crippen LogP contribution in [0.2, 0.25) is 0 Å². The molecule has 0 aliphatic carbocycles. The second kappa shape index (κ2) is 5.16. The lowest BCUT2D eigenvalue weighted by Crippen LogP contribution is -2.25. The van der Waals surface area contributed by atoms with Gasteiger partial charge in [0.05, 0.1) is 46.9 Å². The van der Waals surface area contributed by atoms with Gasteiger partial charge in [-0.2, -0.15) is 0 Å². The Morgan fingerprint density at radius 2 is 1.56 bits per heavy atom. The summed E-state index contributed by atoms with van der Waals surface area (Å²) in [5, 5.41) is 0. The first-order valence-corrected chi connectivity index (χ1v) is 9.71. The van der Waals surface area contributed by atoms with Gasteiger partial charge >= 0.3 is 0 Å². The summed E-state index contributed by atoms with van der Waals surface area (Å²) >= 11 is 0. The average Bonchev–Trinajstić information content (AvgIpc) is 3.36. The quantitative estimate of drug-likeness (QED) is 0.709. The van der Waals surface area contributed by atoms with Gasteiger partial charge in [0, 0.05) is 24.2 Å². The number of hydrogen-bond donors (Lipinski definition) is 0. The summed E-state index contributed by atoms with van der Waals surface area (Å²) in [4.78, 5) is 13.5. The Morgan fingerprint density at radius 3 is 2.28 bits per heavy atom. The molecule has 0 spiro atoms. The van der Waals surface area contributed by atoms with Crippen molar-refractivity contribution in [2.45, 2.75) is 9.79 Å². The van der Waals surface area contributed by atoms with Crippen molar-refractivity contribution in [2.24, 2.45) is 9.98 Å². The first-order chi connectivity index (χ1) is 12.2. The van der Waals surface area contributed by atoms with E-state index in [1.165, 1.54) is 0 Å². The van der Waals surface area contributed by atoms with E-state index in [9.17, 15) is 8.42 Å². The van der Waals surface area contributed by atoms with Crippen LogP contribution in [-0.2, 0) is 9.84 Å². The molecule has 0 atom stereocenters. The van der Waals surface area contributed by atoms with Gasteiger partial charge in [0.15, 0.2) is 0 Å². The molecule has 6 nitrogen and oxygen atoms in total. The van der Waals surface area contributed by atoms with Gasteiger partial charge in [-0.1, -0.05) is 18.2 Å². The molecule has 2 aromatic rings. The predicted octanol–water partition coefficient (Wildman–Crippen LogP) is 2.20. The Balaban J connectivity index is 1.85. The number of sulfone groups is 1. The van der Waals surface area contributed by atoms with Gasteiger partial charge in [-0.3, -0.25) is 9.98 Å². The number of benzene rings is 2. The minimum Gasteiger partial charge on any atom is -0.329 e. The fourth-order valence-electron chi connectivity index (χ4n) is 3.71. The molecule has 3 aliphatic rings. The zero-order valence-corrected chi connectivity index (χ0v) is 14.3. The summed E-state index contributed by atoms with van der Waals surface area (Å²) in [6.07, 6.45) is 3.63. The highest BCUT2D eigenvalue weighted by molar-refractivity contribution is 7.92. The van der Waals surface area contributed by atoms with Crippen LogP contribution in [0, 0.1) is 0 Å². The molecule has 7 heteroatoms. The van der Waals surface area contributed by atoms with E-state index in [-0.39, 0.29) is 0 Å². The SMILES string of the molecule is O=S1(=O)c2ccccc2-c2c1ccc(N1C=NCC1)c2N1C=NCC1. The molecule has 0 aromatic heterocycles. The van der Waals surface area contributed by atoms with E-state index >= 15 is 0 Å². The highest BCUT2D eigenvalue weighted by Crippen LogP contribution is 2.51. The molecule has 25 heavy (non-hydrogen) atoms. The predicted molar refractivity (Wildman–Crippen MR) is 98.7 cm³/mol. The lowest BCUT2D eigenvalue weighted by Gasteiger charge is -2.26. The number of rotatable bonds is 2. The Labute approximate surface area is 146 Å². The van der Waals surface area contributed by atoms with Gasteiger partial charge < -0.3 is 9.80 Å². The molecular weight excluding hydrogens is 336 g/mol. The molecule has 0 bridgehead atoms. The van der Waals surface area contributed by atoms with Crippen LogP contribution in [0.4, 0.5) is 11.4 Å². The van der Waals surface area contributed by atoms with Crippen LogP contribution in [0.25, 0.3) is 11.1 Å². The maximum Gasteiger partial charge on any atom is 0.207 e. The molecule has 2 aromatic carbocycles. The molecule has 0 unspecified atom stereocenters. The van der Waals surface area contributed by atoms with Crippen LogP contribution in [0.1, 0.15) is 0 Å². The van der Waals surface area contributed by atoms with Crippen molar-refractivity contribution >= 4 is 33.9 Å². The van der Waals surface area contributed by atoms with E-state index in [4.69, 9.17) is 0 Å². The van der Waals surface area contributed by atoms with Crippen LogP contribution in [0.3, 0.4) is 0 Å². The van der Waals surface area contributed by atoms with Crippen molar-refractivity contribution in [3.8, 4) is 11.1 Å². The van der Waals surface area contributed by atoms with Crippen molar-refractivity contribution < 1.29 is 8.42 Å². The summed E-state index contributed by atoms with van der Waals surface area (Å²) in [6, 6.07) is 10.8. The normalized spacial score (nSPS) is 19.5. The fourth-order valence-corrected chi connectivity index (χ4v) is 5.38. The monoisotopic (exact) mass is 352 g/mol. The van der Waals surface area contributed by atoms with Crippen LogP contribution >= 0.6 is 0 Å². The molecule has 0 N–H and O–H groups in total. The van der Waals surface area contributed by atoms with Crippen molar-refractivity contribution in [3.05, 3.63) is 36.4 Å². The van der Waals surface area contributed by atoms with E-state index in [1.54, 1.807) is 24.5 Å². The summed E-state index contributed by atoms with van der Waals surface area (Å²) < 4.78 is 26.0. The Hall–Kier alpha value is -2.67. The molecule has 0 saturated heterocycles. The highest BCUT2D eigenvalue weighted by Gasteiger charge is 2.37. The van der Waals surface area contributed by atoms with Crippen LogP contribution in [0.5, 0.6) is 0 Å². The molecule has 3 aliphatic heterocycles. The van der Waals surface area contributed by atoms with E-state index in [0.717, 1.165) is 42.1 Å². The van der Waals surface area contributed by atoms with Crippen LogP contribution < -0.4 is 9.80 Å². The first kappa shape index (κ1) is 14.7. The number of anilines is 2.